The predicted molar refractivity (Wildman–Crippen MR) is 81.4 cm³/mol. The van der Waals surface area contributed by atoms with Gasteiger partial charge in [0.15, 0.2) is 0 Å². The molecule has 1 amide bonds. The zero-order valence-corrected chi connectivity index (χ0v) is 13.3. The van der Waals surface area contributed by atoms with E-state index < -0.39 is 0 Å². The molecule has 0 radical (unpaired) electrons. The highest BCUT2D eigenvalue weighted by Gasteiger charge is 2.16. The second kappa shape index (κ2) is 8.46. The molecule has 0 saturated heterocycles. The first kappa shape index (κ1) is 17.2. The largest absolute Gasteiger partial charge is 0.469 e. The first-order valence-corrected chi connectivity index (χ1v) is 7.03. The minimum absolute atomic E-state index is 0.0688. The van der Waals surface area contributed by atoms with Gasteiger partial charge in [0.05, 0.1) is 25.1 Å². The molecule has 0 aliphatic heterocycles. The molecule has 0 aliphatic rings. The van der Waals surface area contributed by atoms with E-state index in [1.807, 2.05) is 6.92 Å². The van der Waals surface area contributed by atoms with Crippen LogP contribution in [0.25, 0.3) is 0 Å². The summed E-state index contributed by atoms with van der Waals surface area (Å²) in [6.45, 7) is 2.95. The summed E-state index contributed by atoms with van der Waals surface area (Å²) in [7, 11) is 3.11. The highest BCUT2D eigenvalue weighted by Crippen LogP contribution is 2.13. The second-order valence-corrected chi connectivity index (χ2v) is 4.93. The molecule has 0 N–H and O–H groups in total. The van der Waals surface area contributed by atoms with Gasteiger partial charge in [-0.25, -0.2) is 4.98 Å². The zero-order chi connectivity index (χ0) is 15.8. The van der Waals surface area contributed by atoms with Crippen molar-refractivity contribution in [2.24, 2.45) is 0 Å². The molecule has 21 heavy (non-hydrogen) atoms. The number of rotatable bonds is 7. The van der Waals surface area contributed by atoms with E-state index in [1.54, 1.807) is 29.0 Å². The standard InChI is InChI=1S/C14H20ClN3O3/c1-4-18(8-7-14(20)21-3)13(19)10-17(2)12-6-5-11(15)9-16-12/h5-6,9H,4,7-8,10H2,1-3H3. The highest BCUT2D eigenvalue weighted by molar-refractivity contribution is 6.30. The number of nitrogens with zero attached hydrogens (tertiary/aromatic N) is 3. The smallest absolute Gasteiger partial charge is 0.307 e. The minimum Gasteiger partial charge on any atom is -0.469 e. The van der Waals surface area contributed by atoms with Crippen LogP contribution in [0.4, 0.5) is 5.82 Å². The molecular formula is C14H20ClN3O3. The van der Waals surface area contributed by atoms with E-state index in [-0.39, 0.29) is 24.8 Å². The number of ether oxygens (including phenoxy) is 1. The van der Waals surface area contributed by atoms with Gasteiger partial charge in [-0.15, -0.1) is 0 Å². The van der Waals surface area contributed by atoms with Crippen molar-refractivity contribution < 1.29 is 14.3 Å². The van der Waals surface area contributed by atoms with Gasteiger partial charge in [-0.1, -0.05) is 11.6 Å². The Bertz CT molecular complexity index is 479. The van der Waals surface area contributed by atoms with Crippen molar-refractivity contribution in [2.75, 3.05) is 38.7 Å². The summed E-state index contributed by atoms with van der Waals surface area (Å²) in [5.41, 5.74) is 0. The topological polar surface area (TPSA) is 62.7 Å². The molecule has 0 spiro atoms. The van der Waals surface area contributed by atoms with Gasteiger partial charge in [0.2, 0.25) is 5.91 Å². The summed E-state index contributed by atoms with van der Waals surface area (Å²) in [6.07, 6.45) is 1.73. The Balaban J connectivity index is 2.56. The molecule has 7 heteroatoms. The molecular weight excluding hydrogens is 294 g/mol. The Morgan fingerprint density at radius 1 is 1.38 bits per heavy atom. The summed E-state index contributed by atoms with van der Waals surface area (Å²) in [4.78, 5) is 30.8. The predicted octanol–water partition coefficient (Wildman–Crippen LogP) is 1.58. The van der Waals surface area contributed by atoms with Gasteiger partial charge < -0.3 is 14.5 Å². The maximum absolute atomic E-state index is 12.2. The fraction of sp³-hybridized carbons (Fsp3) is 0.500. The molecule has 0 unspecified atom stereocenters. The Kier molecular flexibility index (Phi) is 6.94. The van der Waals surface area contributed by atoms with E-state index in [0.717, 1.165) is 0 Å². The van der Waals surface area contributed by atoms with Gasteiger partial charge in [-0.2, -0.15) is 0 Å². The van der Waals surface area contributed by atoms with Crippen LogP contribution in [0, 0.1) is 0 Å². The zero-order valence-electron chi connectivity index (χ0n) is 12.5. The van der Waals surface area contributed by atoms with Gasteiger partial charge >= 0.3 is 5.97 Å². The number of carbonyl (C=O) groups is 2. The molecule has 6 nitrogen and oxygen atoms in total. The molecule has 0 atom stereocenters. The van der Waals surface area contributed by atoms with Crippen LogP contribution in [0.1, 0.15) is 13.3 Å². The van der Waals surface area contributed by atoms with Crippen molar-refractivity contribution in [1.29, 1.82) is 0 Å². The quantitative estimate of drug-likeness (QED) is 0.715. The average molecular weight is 314 g/mol. The molecule has 116 valence electrons. The molecule has 1 aromatic rings. The fourth-order valence-electron chi connectivity index (χ4n) is 1.77. The Hall–Kier alpha value is -1.82. The number of likely N-dealkylation sites (N-methyl/N-ethyl adjacent to an activating group) is 2. The summed E-state index contributed by atoms with van der Waals surface area (Å²) in [5.74, 6) is 0.270. The van der Waals surface area contributed by atoms with E-state index in [1.165, 1.54) is 13.3 Å². The number of pyridine rings is 1. The van der Waals surface area contributed by atoms with Crippen LogP contribution in [-0.4, -0.2) is 55.6 Å². The lowest BCUT2D eigenvalue weighted by Crippen LogP contribution is -2.40. The summed E-state index contributed by atoms with van der Waals surface area (Å²) < 4.78 is 4.58. The van der Waals surface area contributed by atoms with Crippen molar-refractivity contribution >= 4 is 29.3 Å². The number of carbonyl (C=O) groups excluding carboxylic acids is 2. The molecule has 1 aromatic heterocycles. The molecule has 1 heterocycles. The minimum atomic E-state index is -0.325. The fourth-order valence-corrected chi connectivity index (χ4v) is 1.88. The number of hydrogen-bond acceptors (Lipinski definition) is 5. The van der Waals surface area contributed by atoms with Gasteiger partial charge in [0.1, 0.15) is 5.82 Å². The number of aromatic nitrogens is 1. The van der Waals surface area contributed by atoms with Crippen LogP contribution in [0.2, 0.25) is 5.02 Å². The molecule has 0 aliphatic carbocycles. The number of esters is 1. The molecule has 0 bridgehead atoms. The van der Waals surface area contributed by atoms with Gasteiger partial charge in [-0.05, 0) is 19.1 Å². The lowest BCUT2D eigenvalue weighted by molar-refractivity contribution is -0.141. The highest BCUT2D eigenvalue weighted by atomic mass is 35.5. The van der Waals surface area contributed by atoms with Crippen LogP contribution < -0.4 is 4.90 Å². The van der Waals surface area contributed by atoms with E-state index in [9.17, 15) is 9.59 Å². The number of halogens is 1. The normalized spacial score (nSPS) is 10.1. The monoisotopic (exact) mass is 313 g/mol. The molecule has 0 fully saturated rings. The van der Waals surface area contributed by atoms with Crippen molar-refractivity contribution in [3.63, 3.8) is 0 Å². The Labute approximate surface area is 129 Å². The third-order valence-corrected chi connectivity index (χ3v) is 3.25. The molecule has 0 saturated carbocycles. The van der Waals surface area contributed by atoms with Gasteiger partial charge in [-0.3, -0.25) is 9.59 Å². The van der Waals surface area contributed by atoms with E-state index >= 15 is 0 Å². The first-order chi connectivity index (χ1) is 9.97. The van der Waals surface area contributed by atoms with Crippen LogP contribution in [0.3, 0.4) is 0 Å². The third kappa shape index (κ3) is 5.59. The molecule has 1 rings (SSSR count). The number of hydrogen-bond donors (Lipinski definition) is 0. The van der Waals surface area contributed by atoms with Gasteiger partial charge in [0, 0.05) is 26.3 Å². The average Bonchev–Trinajstić information content (AvgIpc) is 2.48. The second-order valence-electron chi connectivity index (χ2n) is 4.49. The van der Waals surface area contributed by atoms with Crippen LogP contribution in [0.5, 0.6) is 0 Å². The third-order valence-electron chi connectivity index (χ3n) is 3.02. The van der Waals surface area contributed by atoms with Crippen molar-refractivity contribution in [1.82, 2.24) is 9.88 Å². The van der Waals surface area contributed by atoms with E-state index in [2.05, 4.69) is 9.72 Å². The SMILES string of the molecule is CCN(CCC(=O)OC)C(=O)CN(C)c1ccc(Cl)cn1. The first-order valence-electron chi connectivity index (χ1n) is 6.65. The van der Waals surface area contributed by atoms with Crippen LogP contribution in [0.15, 0.2) is 18.3 Å². The summed E-state index contributed by atoms with van der Waals surface area (Å²) in [6, 6.07) is 3.47. The Morgan fingerprint density at radius 3 is 2.62 bits per heavy atom. The number of amides is 1. The Morgan fingerprint density at radius 2 is 2.10 bits per heavy atom. The number of methoxy groups -OCH3 is 1. The van der Waals surface area contributed by atoms with Crippen molar-refractivity contribution in [3.8, 4) is 0 Å². The van der Waals surface area contributed by atoms with Crippen LogP contribution >= 0.6 is 11.6 Å². The number of anilines is 1. The maximum atomic E-state index is 12.2. The van der Waals surface area contributed by atoms with Crippen molar-refractivity contribution in [2.45, 2.75) is 13.3 Å². The van der Waals surface area contributed by atoms with Gasteiger partial charge in [0.25, 0.3) is 0 Å². The lowest BCUT2D eigenvalue weighted by Gasteiger charge is -2.24. The van der Waals surface area contributed by atoms with Crippen LogP contribution in [-0.2, 0) is 14.3 Å². The maximum Gasteiger partial charge on any atom is 0.307 e. The van der Waals surface area contributed by atoms with Crippen molar-refractivity contribution in [3.05, 3.63) is 23.4 Å². The summed E-state index contributed by atoms with van der Waals surface area (Å²) in [5, 5.41) is 0.548. The van der Waals surface area contributed by atoms with E-state index in [4.69, 9.17) is 11.6 Å². The summed E-state index contributed by atoms with van der Waals surface area (Å²) >= 11 is 5.78. The van der Waals surface area contributed by atoms with E-state index in [0.29, 0.717) is 23.9 Å². The lowest BCUT2D eigenvalue weighted by atomic mass is 10.3. The molecule has 0 aromatic carbocycles.